The maximum Gasteiger partial charge on any atom is 0.307 e. The van der Waals surface area contributed by atoms with Crippen LogP contribution in [0.4, 0.5) is 0 Å². The van der Waals surface area contributed by atoms with Gasteiger partial charge in [0.15, 0.2) is 0 Å². The fourth-order valence-corrected chi connectivity index (χ4v) is 2.18. The van der Waals surface area contributed by atoms with Crippen molar-refractivity contribution < 1.29 is 23.8 Å². The first-order valence-electron chi connectivity index (χ1n) is 7.61. The molecule has 0 aliphatic rings. The van der Waals surface area contributed by atoms with Crippen LogP contribution >= 0.6 is 0 Å². The molecule has 7 heteroatoms. The van der Waals surface area contributed by atoms with Gasteiger partial charge in [0.2, 0.25) is 0 Å². The Morgan fingerprint density at radius 3 is 2.29 bits per heavy atom. The minimum Gasteiger partial charge on any atom is -0.496 e. The Kier molecular flexibility index (Phi) is 8.13. The molecular formula is C17H22N2O5. The van der Waals surface area contributed by atoms with Gasteiger partial charge in [0.1, 0.15) is 17.1 Å². The fraction of sp³-hybridized carbons (Fsp3) is 0.471. The van der Waals surface area contributed by atoms with Crippen LogP contribution in [0.2, 0.25) is 0 Å². The molecule has 0 aliphatic heterocycles. The highest BCUT2D eigenvalue weighted by molar-refractivity contribution is 5.99. The van der Waals surface area contributed by atoms with Crippen molar-refractivity contribution in [2.24, 2.45) is 0 Å². The molecule has 7 nitrogen and oxygen atoms in total. The van der Waals surface area contributed by atoms with Crippen LogP contribution in [0.15, 0.2) is 18.2 Å². The number of methoxy groups -OCH3 is 2. The topological polar surface area (TPSA) is 88.9 Å². The lowest BCUT2D eigenvalue weighted by atomic mass is 10.1. The summed E-state index contributed by atoms with van der Waals surface area (Å²) in [6.07, 6.45) is 0.217. The molecule has 1 aromatic carbocycles. The molecule has 0 heterocycles. The number of rotatable bonds is 9. The first kappa shape index (κ1) is 19.3. The number of hydrogen-bond acceptors (Lipinski definition) is 6. The van der Waals surface area contributed by atoms with E-state index in [0.717, 1.165) is 0 Å². The average molecular weight is 334 g/mol. The number of carbonyl (C=O) groups excluding carboxylic acids is 2. The Bertz CT molecular complexity index is 587. The summed E-state index contributed by atoms with van der Waals surface area (Å²) in [6.45, 7) is 2.36. The van der Waals surface area contributed by atoms with Crippen LogP contribution < -0.4 is 9.47 Å². The summed E-state index contributed by atoms with van der Waals surface area (Å²) >= 11 is 0. The van der Waals surface area contributed by atoms with Gasteiger partial charge in [0.25, 0.3) is 5.91 Å². The molecule has 0 saturated heterocycles. The molecule has 0 aromatic heterocycles. The van der Waals surface area contributed by atoms with E-state index in [1.165, 1.54) is 19.1 Å². The molecule has 130 valence electrons. The second-order valence-electron chi connectivity index (χ2n) is 4.79. The van der Waals surface area contributed by atoms with Crippen LogP contribution in [0.1, 0.15) is 30.1 Å². The number of ether oxygens (including phenoxy) is 3. The quantitative estimate of drug-likeness (QED) is 0.642. The van der Waals surface area contributed by atoms with Crippen LogP contribution in [0.25, 0.3) is 0 Å². The summed E-state index contributed by atoms with van der Waals surface area (Å²) in [5.41, 5.74) is 0.268. The molecule has 0 bridgehead atoms. The summed E-state index contributed by atoms with van der Waals surface area (Å²) < 4.78 is 15.4. The zero-order valence-corrected chi connectivity index (χ0v) is 14.2. The van der Waals surface area contributed by atoms with E-state index in [-0.39, 0.29) is 50.0 Å². The lowest BCUT2D eigenvalue weighted by molar-refractivity contribution is -0.143. The minimum atomic E-state index is -0.390. The Balaban J connectivity index is 3.03. The Morgan fingerprint density at radius 2 is 1.79 bits per heavy atom. The van der Waals surface area contributed by atoms with Gasteiger partial charge in [-0.3, -0.25) is 9.59 Å². The Labute approximate surface area is 141 Å². The number of benzene rings is 1. The maximum absolute atomic E-state index is 12.9. The standard InChI is InChI=1S/C17H22N2O5/c1-4-24-15(20)9-12-19(11-6-10-18)17(21)16-13(22-2)7-5-8-14(16)23-3/h5,7-8H,4,6,9,11-12H2,1-3H3. The molecule has 24 heavy (non-hydrogen) atoms. The maximum atomic E-state index is 12.9. The Hall–Kier alpha value is -2.75. The molecule has 0 unspecified atom stereocenters. The zero-order chi connectivity index (χ0) is 17.9. The third kappa shape index (κ3) is 5.16. The second kappa shape index (κ2) is 10.1. The van der Waals surface area contributed by atoms with Gasteiger partial charge in [-0.15, -0.1) is 0 Å². The highest BCUT2D eigenvalue weighted by atomic mass is 16.5. The smallest absolute Gasteiger partial charge is 0.307 e. The van der Waals surface area contributed by atoms with E-state index in [4.69, 9.17) is 19.5 Å². The number of nitriles is 1. The summed E-state index contributed by atoms with van der Waals surface area (Å²) in [6, 6.07) is 7.03. The molecule has 0 saturated carbocycles. The number of nitrogens with zero attached hydrogens (tertiary/aromatic N) is 2. The molecule has 0 atom stereocenters. The van der Waals surface area contributed by atoms with Crippen molar-refractivity contribution in [2.75, 3.05) is 33.9 Å². The van der Waals surface area contributed by atoms with E-state index in [1.807, 2.05) is 6.07 Å². The van der Waals surface area contributed by atoms with Gasteiger partial charge in [-0.25, -0.2) is 0 Å². The van der Waals surface area contributed by atoms with Crippen molar-refractivity contribution in [3.8, 4) is 17.6 Å². The van der Waals surface area contributed by atoms with E-state index in [9.17, 15) is 9.59 Å². The van der Waals surface area contributed by atoms with E-state index < -0.39 is 0 Å². The van der Waals surface area contributed by atoms with Crippen LogP contribution in [0.3, 0.4) is 0 Å². The molecule has 0 spiro atoms. The number of hydrogen-bond donors (Lipinski definition) is 0. The molecule has 1 amide bonds. The first-order chi connectivity index (χ1) is 11.6. The lowest BCUT2D eigenvalue weighted by Gasteiger charge is -2.23. The van der Waals surface area contributed by atoms with E-state index >= 15 is 0 Å². The fourth-order valence-electron chi connectivity index (χ4n) is 2.18. The first-order valence-corrected chi connectivity index (χ1v) is 7.61. The van der Waals surface area contributed by atoms with Gasteiger partial charge >= 0.3 is 5.97 Å². The summed E-state index contributed by atoms with van der Waals surface area (Å²) in [4.78, 5) is 25.9. The predicted molar refractivity (Wildman–Crippen MR) is 86.9 cm³/mol. The van der Waals surface area contributed by atoms with E-state index in [2.05, 4.69) is 0 Å². The molecule has 1 rings (SSSR count). The molecule has 0 fully saturated rings. The molecular weight excluding hydrogens is 312 g/mol. The molecule has 1 aromatic rings. The van der Waals surface area contributed by atoms with Crippen molar-refractivity contribution in [1.82, 2.24) is 4.90 Å². The minimum absolute atomic E-state index is 0.0580. The van der Waals surface area contributed by atoms with Gasteiger partial charge in [-0.2, -0.15) is 5.26 Å². The van der Waals surface area contributed by atoms with Gasteiger partial charge in [-0.05, 0) is 19.1 Å². The van der Waals surface area contributed by atoms with Crippen LogP contribution in [-0.2, 0) is 9.53 Å². The third-order valence-electron chi connectivity index (χ3n) is 3.31. The van der Waals surface area contributed by atoms with Crippen molar-refractivity contribution in [3.63, 3.8) is 0 Å². The van der Waals surface area contributed by atoms with Crippen LogP contribution in [0, 0.1) is 11.3 Å². The summed E-state index contributed by atoms with van der Waals surface area (Å²) in [5.74, 6) is -0.00187. The van der Waals surface area contributed by atoms with Gasteiger partial charge in [-0.1, -0.05) is 6.07 Å². The lowest BCUT2D eigenvalue weighted by Crippen LogP contribution is -2.34. The van der Waals surface area contributed by atoms with Crippen LogP contribution in [-0.4, -0.2) is 50.7 Å². The van der Waals surface area contributed by atoms with Crippen molar-refractivity contribution in [3.05, 3.63) is 23.8 Å². The average Bonchev–Trinajstić information content (AvgIpc) is 2.60. The summed E-state index contributed by atoms with van der Waals surface area (Å²) in [7, 11) is 2.92. The van der Waals surface area contributed by atoms with Crippen molar-refractivity contribution in [2.45, 2.75) is 19.8 Å². The molecule has 0 radical (unpaired) electrons. The molecule has 0 aliphatic carbocycles. The van der Waals surface area contributed by atoms with Crippen molar-refractivity contribution >= 4 is 11.9 Å². The Morgan fingerprint density at radius 1 is 1.17 bits per heavy atom. The third-order valence-corrected chi connectivity index (χ3v) is 3.31. The van der Waals surface area contributed by atoms with E-state index in [1.54, 1.807) is 25.1 Å². The SMILES string of the molecule is CCOC(=O)CCN(CCC#N)C(=O)c1c(OC)cccc1OC. The van der Waals surface area contributed by atoms with Gasteiger partial charge < -0.3 is 19.1 Å². The predicted octanol–water partition coefficient (Wildman–Crippen LogP) is 2.01. The number of esters is 1. The van der Waals surface area contributed by atoms with E-state index in [0.29, 0.717) is 11.5 Å². The van der Waals surface area contributed by atoms with Gasteiger partial charge in [0, 0.05) is 13.1 Å². The number of amides is 1. The zero-order valence-electron chi connectivity index (χ0n) is 14.2. The van der Waals surface area contributed by atoms with Crippen molar-refractivity contribution in [1.29, 1.82) is 5.26 Å². The largest absolute Gasteiger partial charge is 0.496 e. The molecule has 0 N–H and O–H groups in total. The highest BCUT2D eigenvalue weighted by Crippen LogP contribution is 2.29. The monoisotopic (exact) mass is 334 g/mol. The number of carbonyl (C=O) groups is 2. The second-order valence-corrected chi connectivity index (χ2v) is 4.79. The van der Waals surface area contributed by atoms with Crippen LogP contribution in [0.5, 0.6) is 11.5 Å². The highest BCUT2D eigenvalue weighted by Gasteiger charge is 2.24. The summed E-state index contributed by atoms with van der Waals surface area (Å²) in [5, 5.41) is 8.80. The normalized spacial score (nSPS) is 9.75. The van der Waals surface area contributed by atoms with Gasteiger partial charge in [0.05, 0.1) is 39.7 Å².